The highest BCUT2D eigenvalue weighted by Gasteiger charge is 2.02. The quantitative estimate of drug-likeness (QED) is 0.364. The lowest BCUT2D eigenvalue weighted by atomic mass is 10.1. The van der Waals surface area contributed by atoms with Gasteiger partial charge in [0.2, 0.25) is 0 Å². The lowest BCUT2D eigenvalue weighted by Gasteiger charge is -2.07. The zero-order chi connectivity index (χ0) is 16.8. The van der Waals surface area contributed by atoms with Crippen LogP contribution in [0.5, 0.6) is 0 Å². The van der Waals surface area contributed by atoms with Gasteiger partial charge in [0.1, 0.15) is 0 Å². The Morgan fingerprint density at radius 3 is 2.92 bits per heavy atom. The number of guanidine groups is 1. The third kappa shape index (κ3) is 3.96. The minimum Gasteiger partial charge on any atom is -0.370 e. The number of H-pyrrole nitrogens is 1. The molecule has 0 spiro atoms. The highest BCUT2D eigenvalue weighted by atomic mass is 15.1. The Kier molecular flexibility index (Phi) is 5.16. The van der Waals surface area contributed by atoms with Crippen LogP contribution < -0.4 is 11.1 Å². The van der Waals surface area contributed by atoms with E-state index in [-0.39, 0.29) is 0 Å². The maximum absolute atomic E-state index is 5.98. The predicted molar refractivity (Wildman–Crippen MR) is 103 cm³/mol. The smallest absolute Gasteiger partial charge is 0.193 e. The van der Waals surface area contributed by atoms with Gasteiger partial charge in [0.05, 0.1) is 0 Å². The van der Waals surface area contributed by atoms with Gasteiger partial charge in [0.25, 0.3) is 0 Å². The molecule has 0 fully saturated rings. The number of aryl methyl sites for hydroxylation is 2. The summed E-state index contributed by atoms with van der Waals surface area (Å²) < 4.78 is 0. The Bertz CT molecular complexity index is 832. The number of nitrogens with two attached hydrogens (primary N) is 1. The summed E-state index contributed by atoms with van der Waals surface area (Å²) in [5.74, 6) is 0.474. The summed E-state index contributed by atoms with van der Waals surface area (Å²) in [6, 6.07) is 16.6. The number of aromatic amines is 1. The molecule has 1 heterocycles. The van der Waals surface area contributed by atoms with Crippen LogP contribution in [0.3, 0.4) is 0 Å². The van der Waals surface area contributed by atoms with Crippen molar-refractivity contribution in [1.82, 2.24) is 4.98 Å². The molecule has 0 atom stereocenters. The summed E-state index contributed by atoms with van der Waals surface area (Å²) in [5.41, 5.74) is 10.8. The number of hydrogen-bond donors (Lipinski definition) is 3. The number of anilines is 1. The van der Waals surface area contributed by atoms with Crippen LogP contribution in [0.2, 0.25) is 0 Å². The number of hydrogen-bond acceptors (Lipinski definition) is 1. The molecule has 3 aromatic rings. The molecule has 0 aliphatic carbocycles. The van der Waals surface area contributed by atoms with Crippen molar-refractivity contribution >= 4 is 22.5 Å². The third-order valence-electron chi connectivity index (χ3n) is 4.17. The van der Waals surface area contributed by atoms with Crippen molar-refractivity contribution in [2.24, 2.45) is 10.7 Å². The Balaban J connectivity index is 1.52. The Hall–Kier alpha value is -2.75. The zero-order valence-electron chi connectivity index (χ0n) is 14.0. The number of fused-ring (bicyclic) bond motifs is 1. The van der Waals surface area contributed by atoms with E-state index in [1.807, 2.05) is 18.2 Å². The molecule has 124 valence electrons. The molecule has 2 aromatic carbocycles. The highest BCUT2D eigenvalue weighted by molar-refractivity contribution is 5.92. The monoisotopic (exact) mass is 320 g/mol. The van der Waals surface area contributed by atoms with Crippen LogP contribution >= 0.6 is 0 Å². The van der Waals surface area contributed by atoms with Gasteiger partial charge in [0, 0.05) is 29.3 Å². The molecule has 24 heavy (non-hydrogen) atoms. The molecule has 1 aromatic heterocycles. The van der Waals surface area contributed by atoms with Gasteiger partial charge in [-0.1, -0.05) is 37.3 Å². The van der Waals surface area contributed by atoms with Crippen LogP contribution in [-0.4, -0.2) is 17.5 Å². The van der Waals surface area contributed by atoms with E-state index in [0.717, 1.165) is 24.9 Å². The van der Waals surface area contributed by atoms with Crippen molar-refractivity contribution in [2.45, 2.75) is 26.2 Å². The van der Waals surface area contributed by atoms with Gasteiger partial charge in [-0.2, -0.15) is 0 Å². The average molecular weight is 320 g/mol. The molecule has 0 amide bonds. The van der Waals surface area contributed by atoms with E-state index in [2.05, 4.69) is 58.7 Å². The molecule has 4 N–H and O–H groups in total. The van der Waals surface area contributed by atoms with Gasteiger partial charge in [-0.25, -0.2) is 0 Å². The largest absolute Gasteiger partial charge is 0.370 e. The summed E-state index contributed by atoms with van der Waals surface area (Å²) in [6.07, 6.45) is 5.06. The summed E-state index contributed by atoms with van der Waals surface area (Å²) in [5, 5.41) is 4.46. The average Bonchev–Trinajstić information content (AvgIpc) is 3.02. The molecule has 0 aliphatic rings. The molecule has 4 heteroatoms. The summed E-state index contributed by atoms with van der Waals surface area (Å²) >= 11 is 0. The minimum absolute atomic E-state index is 0.474. The molecule has 0 saturated carbocycles. The molecule has 0 aliphatic heterocycles. The Labute approximate surface area is 142 Å². The van der Waals surface area contributed by atoms with E-state index >= 15 is 0 Å². The van der Waals surface area contributed by atoms with Crippen molar-refractivity contribution in [3.8, 4) is 0 Å². The fourth-order valence-corrected chi connectivity index (χ4v) is 2.86. The number of para-hydroxylation sites is 1. The van der Waals surface area contributed by atoms with Crippen LogP contribution in [0, 0.1) is 0 Å². The number of aromatic nitrogens is 1. The fourth-order valence-electron chi connectivity index (χ4n) is 2.86. The molecule has 0 bridgehead atoms. The highest BCUT2D eigenvalue weighted by Crippen LogP contribution is 2.18. The Morgan fingerprint density at radius 2 is 2.04 bits per heavy atom. The van der Waals surface area contributed by atoms with E-state index in [4.69, 9.17) is 5.73 Å². The van der Waals surface area contributed by atoms with E-state index in [1.165, 1.54) is 22.0 Å². The van der Waals surface area contributed by atoms with E-state index in [0.29, 0.717) is 12.5 Å². The number of nitrogens with zero attached hydrogens (tertiary/aromatic N) is 1. The summed E-state index contributed by atoms with van der Waals surface area (Å²) in [4.78, 5) is 7.74. The first kappa shape index (κ1) is 16.1. The standard InChI is InChI=1S/C20H24N4/c1-2-15-7-5-9-17(13-15)24-20(21)22-12-6-8-16-14-23-19-11-4-3-10-18(16)19/h3-5,7,9-11,13-14,23H,2,6,8,12H2,1H3,(H3,21,22,24). The molecular weight excluding hydrogens is 296 g/mol. The van der Waals surface area contributed by atoms with Crippen molar-refractivity contribution < 1.29 is 0 Å². The second kappa shape index (κ2) is 7.68. The Morgan fingerprint density at radius 1 is 1.17 bits per heavy atom. The van der Waals surface area contributed by atoms with Gasteiger partial charge in [0.15, 0.2) is 5.96 Å². The summed E-state index contributed by atoms with van der Waals surface area (Å²) in [7, 11) is 0. The fraction of sp³-hybridized carbons (Fsp3) is 0.250. The van der Waals surface area contributed by atoms with Crippen molar-refractivity contribution in [3.63, 3.8) is 0 Å². The second-order valence-electron chi connectivity index (χ2n) is 5.91. The third-order valence-corrected chi connectivity index (χ3v) is 4.17. The number of nitrogens with one attached hydrogen (secondary N) is 2. The van der Waals surface area contributed by atoms with Crippen LogP contribution in [0.15, 0.2) is 59.7 Å². The first-order chi connectivity index (χ1) is 11.8. The molecule has 0 saturated heterocycles. The van der Waals surface area contributed by atoms with Crippen molar-refractivity contribution in [3.05, 3.63) is 65.9 Å². The van der Waals surface area contributed by atoms with E-state index < -0.39 is 0 Å². The second-order valence-corrected chi connectivity index (χ2v) is 5.91. The molecular formula is C20H24N4. The van der Waals surface area contributed by atoms with Crippen LogP contribution in [0.4, 0.5) is 5.69 Å². The van der Waals surface area contributed by atoms with Gasteiger partial charge >= 0.3 is 0 Å². The first-order valence-electron chi connectivity index (χ1n) is 8.47. The SMILES string of the molecule is CCc1cccc(NC(N)=NCCCc2c[nH]c3ccccc23)c1. The topological polar surface area (TPSA) is 66.2 Å². The maximum Gasteiger partial charge on any atom is 0.193 e. The maximum atomic E-state index is 5.98. The lowest BCUT2D eigenvalue weighted by molar-refractivity contribution is 0.836. The van der Waals surface area contributed by atoms with Crippen molar-refractivity contribution in [1.29, 1.82) is 0 Å². The normalized spacial score (nSPS) is 11.8. The van der Waals surface area contributed by atoms with Gasteiger partial charge in [-0.3, -0.25) is 4.99 Å². The molecule has 4 nitrogen and oxygen atoms in total. The number of benzene rings is 2. The van der Waals surface area contributed by atoms with Crippen LogP contribution in [0.1, 0.15) is 24.5 Å². The van der Waals surface area contributed by atoms with Gasteiger partial charge < -0.3 is 16.0 Å². The molecule has 0 unspecified atom stereocenters. The predicted octanol–water partition coefficient (Wildman–Crippen LogP) is 4.09. The summed E-state index contributed by atoms with van der Waals surface area (Å²) in [6.45, 7) is 2.85. The molecule has 3 rings (SSSR count). The molecule has 0 radical (unpaired) electrons. The first-order valence-corrected chi connectivity index (χ1v) is 8.47. The van der Waals surface area contributed by atoms with Crippen LogP contribution in [0.25, 0.3) is 10.9 Å². The van der Waals surface area contributed by atoms with Gasteiger partial charge in [-0.05, 0) is 48.6 Å². The van der Waals surface area contributed by atoms with Crippen molar-refractivity contribution in [2.75, 3.05) is 11.9 Å². The van der Waals surface area contributed by atoms with Crippen LogP contribution in [-0.2, 0) is 12.8 Å². The van der Waals surface area contributed by atoms with Gasteiger partial charge in [-0.15, -0.1) is 0 Å². The number of aliphatic imine (C=N–C) groups is 1. The zero-order valence-corrected chi connectivity index (χ0v) is 14.0. The van der Waals surface area contributed by atoms with E-state index in [1.54, 1.807) is 0 Å². The number of rotatable bonds is 6. The minimum atomic E-state index is 0.474. The lowest BCUT2D eigenvalue weighted by Crippen LogP contribution is -2.23. The van der Waals surface area contributed by atoms with E-state index in [9.17, 15) is 0 Å².